The number of aliphatic carboxylic acids is 1. The van der Waals surface area contributed by atoms with Gasteiger partial charge in [0.05, 0.1) is 12.6 Å². The quantitative estimate of drug-likeness (QED) is 0.0200. The van der Waals surface area contributed by atoms with E-state index in [4.69, 9.17) is 33.8 Å². The van der Waals surface area contributed by atoms with E-state index in [0.717, 1.165) is 0 Å². The van der Waals surface area contributed by atoms with Crippen LogP contribution in [0.2, 0.25) is 0 Å². The van der Waals surface area contributed by atoms with Gasteiger partial charge in [-0.15, -0.1) is 0 Å². The molecule has 0 fully saturated rings. The van der Waals surface area contributed by atoms with Crippen molar-refractivity contribution in [3.8, 4) is 0 Å². The maximum atomic E-state index is 13.9. The molecule has 0 spiro atoms. The molecule has 0 saturated heterocycles. The summed E-state index contributed by atoms with van der Waals surface area (Å²) in [5.41, 5.74) is 27.8. The standard InChI is InChI=1S/C37H70N14O10/c1-17(2)15-24(49-33(58)26(38)18(3)4)31(56)48-23(12-10-14-44-37(41)42)30(55)47-22(11-9-13-43-36(39)40)29(54)45-20(7)28(53)50-25(16-52)32(57)51-27(19(5)6)34(59)46-21(8)35(60)61/h17-27,52H,9-16,38H2,1-8H3,(H,45,54)(H,46,59)(H,47,55)(H,48,56)(H,49,58)(H,50,53)(H,51,57)(H,60,61)(H4,39,40,43)(H4,41,42,44)/t20-,21-,22-,23-,24-,25-,26-,27-/m0/s1. The first kappa shape index (κ1) is 55.2. The molecule has 0 rings (SSSR count). The first-order chi connectivity index (χ1) is 28.3. The number of aliphatic hydroxyl groups is 1. The van der Waals surface area contributed by atoms with Crippen molar-refractivity contribution >= 4 is 59.2 Å². The monoisotopic (exact) mass is 871 g/mol. The molecule has 0 aliphatic rings. The lowest BCUT2D eigenvalue weighted by atomic mass is 10.00. The Bertz CT molecular complexity index is 1550. The second-order valence-electron chi connectivity index (χ2n) is 15.8. The normalized spacial score (nSPS) is 15.0. The minimum atomic E-state index is -1.60. The molecule has 0 aromatic heterocycles. The number of nitrogens with zero attached hydrogens (tertiary/aromatic N) is 2. The third-order valence-electron chi connectivity index (χ3n) is 9.06. The number of aliphatic hydroxyl groups excluding tert-OH is 1. The summed E-state index contributed by atoms with van der Waals surface area (Å²) in [4.78, 5) is 112. The smallest absolute Gasteiger partial charge is 0.325 e. The molecule has 0 unspecified atom stereocenters. The van der Waals surface area contributed by atoms with Gasteiger partial charge >= 0.3 is 5.97 Å². The van der Waals surface area contributed by atoms with Gasteiger partial charge in [0.1, 0.15) is 42.3 Å². The summed E-state index contributed by atoms with van der Waals surface area (Å²) in [5.74, 6) is -8.13. The number of rotatable bonds is 28. The Labute approximate surface area is 356 Å². The number of nitrogens with one attached hydrogen (secondary N) is 7. The fourth-order valence-corrected chi connectivity index (χ4v) is 5.39. The van der Waals surface area contributed by atoms with Crippen LogP contribution in [0.1, 0.15) is 87.5 Å². The van der Waals surface area contributed by atoms with E-state index >= 15 is 0 Å². The van der Waals surface area contributed by atoms with E-state index in [1.165, 1.54) is 13.8 Å². The van der Waals surface area contributed by atoms with Gasteiger partial charge in [-0.2, -0.15) is 0 Å². The van der Waals surface area contributed by atoms with E-state index < -0.39 is 108 Å². The molecule has 0 aromatic carbocycles. The maximum Gasteiger partial charge on any atom is 0.325 e. The molecule has 24 nitrogen and oxygen atoms in total. The van der Waals surface area contributed by atoms with Gasteiger partial charge in [0.2, 0.25) is 41.4 Å². The maximum absolute atomic E-state index is 13.9. The predicted octanol–water partition coefficient (Wildman–Crippen LogP) is -4.71. The zero-order valence-electron chi connectivity index (χ0n) is 36.4. The molecule has 19 N–H and O–H groups in total. The number of guanidine groups is 2. The largest absolute Gasteiger partial charge is 0.480 e. The Morgan fingerprint density at radius 3 is 1.33 bits per heavy atom. The van der Waals surface area contributed by atoms with Crippen molar-refractivity contribution in [3.05, 3.63) is 0 Å². The van der Waals surface area contributed by atoms with Crippen LogP contribution < -0.4 is 65.9 Å². The number of hydrogen-bond donors (Lipinski definition) is 14. The number of amides is 7. The van der Waals surface area contributed by atoms with Crippen LogP contribution in [0.5, 0.6) is 0 Å². The number of carbonyl (C=O) groups is 8. The number of hydrogen-bond acceptors (Lipinski definition) is 12. The van der Waals surface area contributed by atoms with Crippen LogP contribution in [-0.2, 0) is 38.4 Å². The van der Waals surface area contributed by atoms with Crippen molar-refractivity contribution in [1.29, 1.82) is 0 Å². The third-order valence-corrected chi connectivity index (χ3v) is 9.06. The summed E-state index contributed by atoms with van der Waals surface area (Å²) >= 11 is 0. The molecular weight excluding hydrogens is 800 g/mol. The zero-order valence-corrected chi connectivity index (χ0v) is 36.4. The van der Waals surface area contributed by atoms with Crippen molar-refractivity contribution in [2.24, 2.45) is 56.4 Å². The van der Waals surface area contributed by atoms with Crippen LogP contribution in [0.3, 0.4) is 0 Å². The van der Waals surface area contributed by atoms with Gasteiger partial charge in [0.25, 0.3) is 0 Å². The summed E-state index contributed by atoms with van der Waals surface area (Å²) in [7, 11) is 0. The van der Waals surface area contributed by atoms with Gasteiger partial charge in [-0.3, -0.25) is 48.3 Å². The Balaban J connectivity index is 6.31. The van der Waals surface area contributed by atoms with Gasteiger partial charge < -0.3 is 76.1 Å². The van der Waals surface area contributed by atoms with Crippen molar-refractivity contribution in [1.82, 2.24) is 37.2 Å². The van der Waals surface area contributed by atoms with Crippen molar-refractivity contribution in [2.45, 2.75) is 136 Å². The summed E-state index contributed by atoms with van der Waals surface area (Å²) < 4.78 is 0. The lowest BCUT2D eigenvalue weighted by molar-refractivity contribution is -0.142. The van der Waals surface area contributed by atoms with Gasteiger partial charge in [-0.05, 0) is 63.7 Å². The van der Waals surface area contributed by atoms with E-state index in [9.17, 15) is 43.5 Å². The van der Waals surface area contributed by atoms with Gasteiger partial charge in [0.15, 0.2) is 11.9 Å². The highest BCUT2D eigenvalue weighted by molar-refractivity contribution is 5.97. The summed E-state index contributed by atoms with van der Waals surface area (Å²) in [6, 6.07) is -10.0. The van der Waals surface area contributed by atoms with E-state index in [-0.39, 0.29) is 68.9 Å². The van der Waals surface area contributed by atoms with Crippen LogP contribution in [-0.4, -0.2) is 137 Å². The second kappa shape index (κ2) is 27.9. The van der Waals surface area contributed by atoms with Crippen LogP contribution in [0, 0.1) is 17.8 Å². The Morgan fingerprint density at radius 1 is 0.508 bits per heavy atom. The topological polar surface area (TPSA) is 416 Å². The number of carbonyl (C=O) groups excluding carboxylic acids is 7. The van der Waals surface area contributed by atoms with Gasteiger partial charge in [0, 0.05) is 13.1 Å². The van der Waals surface area contributed by atoms with Crippen LogP contribution in [0.15, 0.2) is 9.98 Å². The Hall–Kier alpha value is -5.78. The molecule has 0 radical (unpaired) electrons. The first-order valence-corrected chi connectivity index (χ1v) is 20.1. The minimum Gasteiger partial charge on any atom is -0.480 e. The average Bonchev–Trinajstić information content (AvgIpc) is 3.16. The number of aliphatic imine (C=N–C) groups is 2. The molecule has 0 saturated carbocycles. The lowest BCUT2D eigenvalue weighted by Gasteiger charge is -2.27. The second-order valence-corrected chi connectivity index (χ2v) is 15.8. The van der Waals surface area contributed by atoms with Crippen molar-refractivity contribution in [3.63, 3.8) is 0 Å². The van der Waals surface area contributed by atoms with Gasteiger partial charge in [-0.1, -0.05) is 41.5 Å². The highest BCUT2D eigenvalue weighted by Gasteiger charge is 2.34. The summed E-state index contributed by atoms with van der Waals surface area (Å²) in [6.45, 7) is 12.1. The van der Waals surface area contributed by atoms with E-state index in [0.29, 0.717) is 0 Å². The third kappa shape index (κ3) is 21.9. The first-order valence-electron chi connectivity index (χ1n) is 20.1. The number of nitrogens with two attached hydrogens (primary N) is 5. The molecule has 348 valence electrons. The fraction of sp³-hybridized carbons (Fsp3) is 0.730. The van der Waals surface area contributed by atoms with Crippen LogP contribution in [0.4, 0.5) is 0 Å². The SMILES string of the molecule is CC(C)C[C@H](NC(=O)[C@@H](N)C(C)C)C(=O)N[C@@H](CCCN=C(N)N)C(=O)N[C@@H](CCCN=C(N)N)C(=O)N[C@@H](C)C(=O)N[C@@H](CO)C(=O)N[C@H](C(=O)N[C@@H](C)C(=O)O)C(C)C. The molecule has 8 atom stereocenters. The molecular formula is C37H70N14O10. The molecule has 0 heterocycles. The molecule has 0 aromatic rings. The molecule has 24 heteroatoms. The van der Waals surface area contributed by atoms with Crippen LogP contribution in [0.25, 0.3) is 0 Å². The predicted molar refractivity (Wildman–Crippen MR) is 227 cm³/mol. The molecule has 61 heavy (non-hydrogen) atoms. The highest BCUT2D eigenvalue weighted by atomic mass is 16.4. The molecule has 0 bridgehead atoms. The minimum absolute atomic E-state index is 0.00806. The number of carboxylic acid groups (broad SMARTS) is 1. The van der Waals surface area contributed by atoms with E-state index in [2.05, 4.69) is 47.2 Å². The van der Waals surface area contributed by atoms with E-state index in [1.807, 2.05) is 13.8 Å². The van der Waals surface area contributed by atoms with E-state index in [1.54, 1.807) is 27.7 Å². The molecule has 7 amide bonds. The zero-order chi connectivity index (χ0) is 47.1. The lowest BCUT2D eigenvalue weighted by Crippen LogP contribution is -2.60. The Morgan fingerprint density at radius 2 is 0.918 bits per heavy atom. The van der Waals surface area contributed by atoms with Crippen molar-refractivity contribution in [2.75, 3.05) is 19.7 Å². The average molecular weight is 871 g/mol. The Kier molecular flexibility index (Phi) is 25.2. The summed E-state index contributed by atoms with van der Waals surface area (Å²) in [6.07, 6.45) is 0.514. The summed E-state index contributed by atoms with van der Waals surface area (Å²) in [5, 5.41) is 36.5. The van der Waals surface area contributed by atoms with Crippen LogP contribution >= 0.6 is 0 Å². The fourth-order valence-electron chi connectivity index (χ4n) is 5.39. The van der Waals surface area contributed by atoms with Gasteiger partial charge in [-0.25, -0.2) is 0 Å². The molecule has 0 aliphatic carbocycles. The molecule has 0 aliphatic heterocycles. The van der Waals surface area contributed by atoms with Crippen molar-refractivity contribution < 1.29 is 48.6 Å². The number of carboxylic acids is 1. The highest BCUT2D eigenvalue weighted by Crippen LogP contribution is 2.10.